The second-order valence-corrected chi connectivity index (χ2v) is 5.15. The van der Waals surface area contributed by atoms with Crippen LogP contribution >= 0.6 is 27.5 Å². The van der Waals surface area contributed by atoms with Crippen molar-refractivity contribution in [2.24, 2.45) is 0 Å². The van der Waals surface area contributed by atoms with Crippen LogP contribution in [-0.4, -0.2) is 4.98 Å². The first-order valence-electron chi connectivity index (χ1n) is 5.22. The Hall–Kier alpha value is -1.40. The first-order valence-corrected chi connectivity index (χ1v) is 6.39. The minimum atomic E-state index is -0.899. The lowest BCUT2D eigenvalue weighted by atomic mass is 10.2. The van der Waals surface area contributed by atoms with E-state index in [0.29, 0.717) is 21.2 Å². The Balaban J connectivity index is 2.42. The molecular formula is C12H9BrClF2N3. The van der Waals surface area contributed by atoms with Crippen LogP contribution in [0.4, 0.5) is 26.1 Å². The zero-order valence-corrected chi connectivity index (χ0v) is 12.1. The molecule has 0 atom stereocenters. The van der Waals surface area contributed by atoms with Gasteiger partial charge in [-0.25, -0.2) is 13.8 Å². The van der Waals surface area contributed by atoms with Crippen molar-refractivity contribution in [2.75, 3.05) is 11.1 Å². The Morgan fingerprint density at radius 3 is 2.63 bits per heavy atom. The number of hydrogen-bond donors (Lipinski definition) is 2. The molecule has 1 heterocycles. The molecule has 0 aliphatic carbocycles. The minimum Gasteiger partial charge on any atom is -0.381 e. The van der Waals surface area contributed by atoms with E-state index in [1.807, 2.05) is 6.92 Å². The van der Waals surface area contributed by atoms with E-state index in [0.717, 1.165) is 5.56 Å². The normalized spacial score (nSPS) is 10.6. The van der Waals surface area contributed by atoms with Gasteiger partial charge >= 0.3 is 0 Å². The van der Waals surface area contributed by atoms with Crippen molar-refractivity contribution >= 4 is 44.9 Å². The van der Waals surface area contributed by atoms with Crippen LogP contribution in [0.1, 0.15) is 5.56 Å². The molecule has 0 unspecified atom stereocenters. The highest BCUT2D eigenvalue weighted by Gasteiger charge is 2.12. The number of benzene rings is 1. The van der Waals surface area contributed by atoms with Crippen LogP contribution in [0, 0.1) is 18.6 Å². The number of halogens is 4. The molecule has 0 bridgehead atoms. The Morgan fingerprint density at radius 1 is 1.26 bits per heavy atom. The fourth-order valence-electron chi connectivity index (χ4n) is 1.44. The SMILES string of the molecule is Cc1cc(Br)c(Nc2nc(N)c(F)cc2F)cc1Cl. The smallest absolute Gasteiger partial charge is 0.169 e. The van der Waals surface area contributed by atoms with Gasteiger partial charge in [-0.15, -0.1) is 0 Å². The molecule has 0 saturated carbocycles. The first kappa shape index (κ1) is 14.0. The number of aromatic nitrogens is 1. The number of anilines is 3. The summed E-state index contributed by atoms with van der Waals surface area (Å²) in [5.74, 6) is -2.28. The lowest BCUT2D eigenvalue weighted by molar-refractivity contribution is 0.581. The summed E-state index contributed by atoms with van der Waals surface area (Å²) in [5, 5.41) is 3.23. The van der Waals surface area contributed by atoms with E-state index in [1.165, 1.54) is 0 Å². The molecule has 1 aromatic carbocycles. The maximum Gasteiger partial charge on any atom is 0.169 e. The first-order chi connectivity index (χ1) is 8.88. The summed E-state index contributed by atoms with van der Waals surface area (Å²) >= 11 is 9.31. The molecule has 2 aromatic rings. The number of pyridine rings is 1. The lowest BCUT2D eigenvalue weighted by Crippen LogP contribution is -2.03. The van der Waals surface area contributed by atoms with Crippen LogP contribution in [0.15, 0.2) is 22.7 Å². The largest absolute Gasteiger partial charge is 0.381 e. The fraction of sp³-hybridized carbons (Fsp3) is 0.0833. The van der Waals surface area contributed by atoms with Gasteiger partial charge in [-0.3, -0.25) is 0 Å². The van der Waals surface area contributed by atoms with Crippen molar-refractivity contribution in [3.63, 3.8) is 0 Å². The van der Waals surface area contributed by atoms with E-state index in [2.05, 4.69) is 26.2 Å². The molecule has 0 spiro atoms. The van der Waals surface area contributed by atoms with Crippen LogP contribution in [-0.2, 0) is 0 Å². The topological polar surface area (TPSA) is 50.9 Å². The molecule has 2 rings (SSSR count). The second-order valence-electron chi connectivity index (χ2n) is 3.89. The van der Waals surface area contributed by atoms with Crippen molar-refractivity contribution in [1.82, 2.24) is 4.98 Å². The highest BCUT2D eigenvalue weighted by molar-refractivity contribution is 9.10. The molecule has 0 amide bonds. The molecule has 0 aliphatic heterocycles. The van der Waals surface area contributed by atoms with Gasteiger partial charge in [-0.1, -0.05) is 11.6 Å². The number of nitrogen functional groups attached to an aromatic ring is 1. The van der Waals surface area contributed by atoms with Gasteiger partial charge in [0.15, 0.2) is 23.3 Å². The highest BCUT2D eigenvalue weighted by Crippen LogP contribution is 2.32. The molecular weight excluding hydrogens is 340 g/mol. The van der Waals surface area contributed by atoms with E-state index >= 15 is 0 Å². The van der Waals surface area contributed by atoms with Crippen molar-refractivity contribution in [2.45, 2.75) is 6.92 Å². The monoisotopic (exact) mass is 347 g/mol. The summed E-state index contributed by atoms with van der Waals surface area (Å²) in [4.78, 5) is 3.61. The molecule has 0 saturated heterocycles. The van der Waals surface area contributed by atoms with Gasteiger partial charge in [0.1, 0.15) is 0 Å². The van der Waals surface area contributed by atoms with Crippen molar-refractivity contribution < 1.29 is 8.78 Å². The van der Waals surface area contributed by atoms with E-state index in [-0.39, 0.29) is 11.6 Å². The van der Waals surface area contributed by atoms with Gasteiger partial charge in [0.05, 0.1) is 5.69 Å². The number of rotatable bonds is 2. The maximum atomic E-state index is 13.6. The molecule has 7 heteroatoms. The van der Waals surface area contributed by atoms with Crippen LogP contribution < -0.4 is 11.1 Å². The summed E-state index contributed by atoms with van der Waals surface area (Å²) in [5.41, 5.74) is 6.68. The third-order valence-corrected chi connectivity index (χ3v) is 3.52. The Kier molecular flexibility index (Phi) is 3.91. The average Bonchev–Trinajstić information content (AvgIpc) is 2.32. The van der Waals surface area contributed by atoms with E-state index in [9.17, 15) is 8.78 Å². The quantitative estimate of drug-likeness (QED) is 0.845. The molecule has 19 heavy (non-hydrogen) atoms. The molecule has 100 valence electrons. The predicted octanol–water partition coefficient (Wildman–Crippen LogP) is 4.41. The van der Waals surface area contributed by atoms with Crippen LogP contribution in [0.5, 0.6) is 0 Å². The minimum absolute atomic E-state index is 0.167. The van der Waals surface area contributed by atoms with Crippen LogP contribution in [0.2, 0.25) is 5.02 Å². The number of nitrogens with zero attached hydrogens (tertiary/aromatic N) is 1. The molecule has 0 fully saturated rings. The maximum absolute atomic E-state index is 13.6. The summed E-state index contributed by atoms with van der Waals surface area (Å²) in [6.45, 7) is 1.84. The zero-order chi connectivity index (χ0) is 14.2. The standard InChI is InChI=1S/C12H9BrClF2N3/c1-5-2-6(13)10(3-7(5)14)18-12-9(16)4-8(15)11(17)19-12/h2-4H,1H3,(H3,17,18,19). The van der Waals surface area contributed by atoms with Gasteiger partial charge in [0.25, 0.3) is 0 Å². The molecule has 0 radical (unpaired) electrons. The van der Waals surface area contributed by atoms with Gasteiger partial charge in [-0.2, -0.15) is 0 Å². The number of aryl methyl sites for hydroxylation is 1. The Bertz CT molecular complexity index is 594. The third-order valence-electron chi connectivity index (χ3n) is 2.46. The van der Waals surface area contributed by atoms with Gasteiger partial charge in [0, 0.05) is 15.6 Å². The summed E-state index contributed by atoms with van der Waals surface area (Å²) in [6, 6.07) is 4.06. The summed E-state index contributed by atoms with van der Waals surface area (Å²) in [6.07, 6.45) is 0. The van der Waals surface area contributed by atoms with E-state index < -0.39 is 11.6 Å². The van der Waals surface area contributed by atoms with Crippen molar-refractivity contribution in [3.05, 3.63) is 44.9 Å². The summed E-state index contributed by atoms with van der Waals surface area (Å²) < 4.78 is 27.2. The second kappa shape index (κ2) is 5.30. The number of nitrogens with one attached hydrogen (secondary N) is 1. The van der Waals surface area contributed by atoms with Crippen molar-refractivity contribution in [3.8, 4) is 0 Å². The zero-order valence-electron chi connectivity index (χ0n) is 9.77. The Labute approximate surface area is 121 Å². The summed E-state index contributed by atoms with van der Waals surface area (Å²) in [7, 11) is 0. The van der Waals surface area contributed by atoms with Gasteiger partial charge in [-0.05, 0) is 40.5 Å². The van der Waals surface area contributed by atoms with Gasteiger partial charge < -0.3 is 11.1 Å². The highest BCUT2D eigenvalue weighted by atomic mass is 79.9. The molecule has 1 aromatic heterocycles. The molecule has 3 N–H and O–H groups in total. The Morgan fingerprint density at radius 2 is 1.95 bits per heavy atom. The third kappa shape index (κ3) is 2.96. The van der Waals surface area contributed by atoms with E-state index in [4.69, 9.17) is 17.3 Å². The van der Waals surface area contributed by atoms with Crippen LogP contribution in [0.3, 0.4) is 0 Å². The lowest BCUT2D eigenvalue weighted by Gasteiger charge is -2.11. The number of hydrogen-bond acceptors (Lipinski definition) is 3. The fourth-order valence-corrected chi connectivity index (χ4v) is 2.16. The molecule has 0 aliphatic rings. The predicted molar refractivity (Wildman–Crippen MR) is 75.7 cm³/mol. The van der Waals surface area contributed by atoms with Crippen molar-refractivity contribution in [1.29, 1.82) is 0 Å². The molecule has 3 nitrogen and oxygen atoms in total. The van der Waals surface area contributed by atoms with Gasteiger partial charge in [0.2, 0.25) is 0 Å². The van der Waals surface area contributed by atoms with E-state index in [1.54, 1.807) is 12.1 Å². The number of nitrogens with two attached hydrogens (primary N) is 1. The van der Waals surface area contributed by atoms with Crippen LogP contribution in [0.25, 0.3) is 0 Å². The average molecular weight is 349 g/mol.